The monoisotopic (exact) mass is 242 g/mol. The number of aromatic nitrogens is 1. The molecule has 0 aliphatic heterocycles. The number of nitrogens with zero attached hydrogens (tertiary/aromatic N) is 1. The first kappa shape index (κ1) is 12.1. The first-order chi connectivity index (χ1) is 8.76. The van der Waals surface area contributed by atoms with E-state index in [2.05, 4.69) is 11.1 Å². The van der Waals surface area contributed by atoms with Crippen LogP contribution in [-0.2, 0) is 0 Å². The Kier molecular flexibility index (Phi) is 3.54. The molecule has 1 atom stereocenters. The lowest BCUT2D eigenvalue weighted by Gasteiger charge is -2.16. The summed E-state index contributed by atoms with van der Waals surface area (Å²) < 4.78 is 11.0. The van der Waals surface area contributed by atoms with Gasteiger partial charge in [-0.25, -0.2) is 0 Å². The molecule has 1 heterocycles. The van der Waals surface area contributed by atoms with Crippen molar-refractivity contribution in [2.45, 2.75) is 13.0 Å². The van der Waals surface area contributed by atoms with E-state index >= 15 is 0 Å². The normalized spacial score (nSPS) is 11.6. The van der Waals surface area contributed by atoms with E-state index in [9.17, 15) is 0 Å². The highest BCUT2D eigenvalue weighted by atomic mass is 16.5. The lowest BCUT2D eigenvalue weighted by molar-refractivity contribution is 0.211. The lowest BCUT2D eigenvalue weighted by atomic mass is 10.2. The molecule has 1 N–H and O–H groups in total. The highest BCUT2D eigenvalue weighted by Gasteiger charge is 2.15. The molecule has 18 heavy (non-hydrogen) atoms. The van der Waals surface area contributed by atoms with E-state index in [1.165, 1.54) is 0 Å². The molecule has 1 aromatic heterocycles. The van der Waals surface area contributed by atoms with E-state index < -0.39 is 0 Å². The van der Waals surface area contributed by atoms with E-state index in [1.807, 2.05) is 25.3 Å². The van der Waals surface area contributed by atoms with Gasteiger partial charge in [0.2, 0.25) is 0 Å². The Balaban J connectivity index is 2.31. The molecule has 0 aliphatic carbocycles. The number of methoxy groups -OCH3 is 1. The van der Waals surface area contributed by atoms with E-state index in [0.717, 1.165) is 5.69 Å². The van der Waals surface area contributed by atoms with Gasteiger partial charge in [0.1, 0.15) is 12.2 Å². The molecule has 1 unspecified atom stereocenters. The Hall–Kier alpha value is -2.41. The summed E-state index contributed by atoms with van der Waals surface area (Å²) >= 11 is 0. The number of para-hydroxylation sites is 1. The summed E-state index contributed by atoms with van der Waals surface area (Å²) in [5, 5.41) is 9.09. The minimum atomic E-state index is -0.177. The summed E-state index contributed by atoms with van der Waals surface area (Å²) in [5.41, 5.74) is 1.41. The second-order valence-electron chi connectivity index (χ2n) is 3.83. The summed E-state index contributed by atoms with van der Waals surface area (Å²) in [6.07, 6.45) is 1.66. The fraction of sp³-hybridized carbons (Fsp3) is 0.214. The molecule has 2 aromatic rings. The van der Waals surface area contributed by atoms with Gasteiger partial charge >= 0.3 is 0 Å². The van der Waals surface area contributed by atoms with Gasteiger partial charge in [-0.3, -0.25) is 0 Å². The van der Waals surface area contributed by atoms with Crippen molar-refractivity contribution in [3.05, 3.63) is 47.8 Å². The molecule has 0 fully saturated rings. The number of aromatic amines is 1. The van der Waals surface area contributed by atoms with Gasteiger partial charge in [0.05, 0.1) is 18.4 Å². The van der Waals surface area contributed by atoms with Crippen LogP contribution >= 0.6 is 0 Å². The van der Waals surface area contributed by atoms with Gasteiger partial charge in [0.25, 0.3) is 0 Å². The summed E-state index contributed by atoms with van der Waals surface area (Å²) in [4.78, 5) is 3.08. The maximum atomic E-state index is 9.09. The van der Waals surface area contributed by atoms with E-state index in [0.29, 0.717) is 17.1 Å². The topological polar surface area (TPSA) is 58.0 Å². The van der Waals surface area contributed by atoms with Crippen molar-refractivity contribution >= 4 is 0 Å². The van der Waals surface area contributed by atoms with Crippen molar-refractivity contribution in [2.24, 2.45) is 0 Å². The Morgan fingerprint density at radius 2 is 2.11 bits per heavy atom. The molecule has 0 amide bonds. The highest BCUT2D eigenvalue weighted by molar-refractivity contribution is 5.52. The Morgan fingerprint density at radius 1 is 1.28 bits per heavy atom. The van der Waals surface area contributed by atoms with Crippen LogP contribution < -0.4 is 9.47 Å². The average Bonchev–Trinajstić information content (AvgIpc) is 2.93. The van der Waals surface area contributed by atoms with Gasteiger partial charge in [-0.1, -0.05) is 6.07 Å². The quantitative estimate of drug-likeness (QED) is 0.896. The van der Waals surface area contributed by atoms with E-state index in [4.69, 9.17) is 14.7 Å². The van der Waals surface area contributed by atoms with Crippen LogP contribution in [0, 0.1) is 11.3 Å². The molecule has 0 saturated heterocycles. The number of hydrogen-bond acceptors (Lipinski definition) is 3. The maximum absolute atomic E-state index is 9.09. The van der Waals surface area contributed by atoms with Gasteiger partial charge in [0.15, 0.2) is 11.5 Å². The van der Waals surface area contributed by atoms with Crippen LogP contribution in [-0.4, -0.2) is 12.1 Å². The first-order valence-corrected chi connectivity index (χ1v) is 5.63. The Bertz CT molecular complexity index is 556. The second-order valence-corrected chi connectivity index (χ2v) is 3.83. The molecule has 0 bridgehead atoms. The maximum Gasteiger partial charge on any atom is 0.179 e. The number of H-pyrrole nitrogens is 1. The third-order valence-corrected chi connectivity index (χ3v) is 2.67. The average molecular weight is 242 g/mol. The molecule has 0 radical (unpaired) electrons. The molecular weight excluding hydrogens is 228 g/mol. The minimum absolute atomic E-state index is 0.177. The van der Waals surface area contributed by atoms with Crippen LogP contribution in [0.25, 0.3) is 0 Å². The molecule has 1 aromatic carbocycles. The lowest BCUT2D eigenvalue weighted by Crippen LogP contribution is -2.05. The van der Waals surface area contributed by atoms with E-state index in [-0.39, 0.29) is 6.10 Å². The van der Waals surface area contributed by atoms with Gasteiger partial charge < -0.3 is 14.5 Å². The third-order valence-electron chi connectivity index (χ3n) is 2.67. The minimum Gasteiger partial charge on any atom is -0.493 e. The zero-order valence-electron chi connectivity index (χ0n) is 10.3. The van der Waals surface area contributed by atoms with Gasteiger partial charge in [-0.05, 0) is 31.2 Å². The van der Waals surface area contributed by atoms with Crippen molar-refractivity contribution in [1.82, 2.24) is 4.98 Å². The highest BCUT2D eigenvalue weighted by Crippen LogP contribution is 2.33. The van der Waals surface area contributed by atoms with Crippen molar-refractivity contribution in [2.75, 3.05) is 7.11 Å². The SMILES string of the molecule is COc1cccc(C#N)c1OC(C)c1ccc[nH]1. The van der Waals surface area contributed by atoms with Crippen molar-refractivity contribution in [3.63, 3.8) is 0 Å². The summed E-state index contributed by atoms with van der Waals surface area (Å²) in [7, 11) is 1.56. The number of nitriles is 1. The predicted octanol–water partition coefficient (Wildman–Crippen LogP) is 3.03. The summed E-state index contributed by atoms with van der Waals surface area (Å²) in [5.74, 6) is 1.04. The van der Waals surface area contributed by atoms with Gasteiger partial charge in [-0.2, -0.15) is 5.26 Å². The smallest absolute Gasteiger partial charge is 0.179 e. The van der Waals surface area contributed by atoms with Crippen LogP contribution in [0.1, 0.15) is 24.3 Å². The second kappa shape index (κ2) is 5.28. The zero-order chi connectivity index (χ0) is 13.0. The fourth-order valence-electron chi connectivity index (χ4n) is 1.72. The van der Waals surface area contributed by atoms with Crippen LogP contribution in [0.5, 0.6) is 11.5 Å². The zero-order valence-corrected chi connectivity index (χ0v) is 10.3. The van der Waals surface area contributed by atoms with Crippen LogP contribution in [0.3, 0.4) is 0 Å². The molecule has 0 spiro atoms. The van der Waals surface area contributed by atoms with Crippen LogP contribution in [0.4, 0.5) is 0 Å². The van der Waals surface area contributed by atoms with Crippen molar-refractivity contribution in [3.8, 4) is 17.6 Å². The molecule has 92 valence electrons. The van der Waals surface area contributed by atoms with Crippen molar-refractivity contribution in [1.29, 1.82) is 5.26 Å². The standard InChI is InChI=1S/C14H14N2O2/c1-10(12-6-4-8-16-12)18-14-11(9-15)5-3-7-13(14)17-2/h3-8,10,16H,1-2H3. The molecular formula is C14H14N2O2. The third kappa shape index (κ3) is 2.30. The Labute approximate surface area is 106 Å². The summed E-state index contributed by atoms with van der Waals surface area (Å²) in [6.45, 7) is 1.92. The van der Waals surface area contributed by atoms with E-state index in [1.54, 1.807) is 25.3 Å². The van der Waals surface area contributed by atoms with Gasteiger partial charge in [-0.15, -0.1) is 0 Å². The summed E-state index contributed by atoms with van der Waals surface area (Å²) in [6, 6.07) is 11.2. The number of nitrogens with one attached hydrogen (secondary N) is 1. The van der Waals surface area contributed by atoms with Crippen molar-refractivity contribution < 1.29 is 9.47 Å². The molecule has 0 aliphatic rings. The first-order valence-electron chi connectivity index (χ1n) is 5.63. The molecule has 2 rings (SSSR count). The predicted molar refractivity (Wildman–Crippen MR) is 67.5 cm³/mol. The number of rotatable bonds is 4. The molecule has 4 nitrogen and oxygen atoms in total. The number of ether oxygens (including phenoxy) is 2. The van der Waals surface area contributed by atoms with Gasteiger partial charge in [0, 0.05) is 6.20 Å². The molecule has 0 saturated carbocycles. The number of benzene rings is 1. The Morgan fingerprint density at radius 3 is 2.72 bits per heavy atom. The van der Waals surface area contributed by atoms with Crippen LogP contribution in [0.15, 0.2) is 36.5 Å². The largest absolute Gasteiger partial charge is 0.493 e. The van der Waals surface area contributed by atoms with Crippen LogP contribution in [0.2, 0.25) is 0 Å². The molecule has 4 heteroatoms. The number of hydrogen-bond donors (Lipinski definition) is 1. The fourth-order valence-corrected chi connectivity index (χ4v) is 1.72.